The number of nitrogens with zero attached hydrogens (tertiary/aromatic N) is 2. The fraction of sp³-hybridized carbons (Fsp3) is 0.222. The summed E-state index contributed by atoms with van der Waals surface area (Å²) in [7, 11) is 1.81. The Balaban J connectivity index is 2.53. The summed E-state index contributed by atoms with van der Waals surface area (Å²) in [6.45, 7) is 1.90. The molecular weight excluding hydrogens is 166 g/mol. The van der Waals surface area contributed by atoms with Gasteiger partial charge in [-0.3, -0.25) is 4.68 Å². The molecule has 0 atom stereocenters. The normalized spacial score (nSPS) is 10.6. The molecule has 2 rings (SSSR count). The maximum atomic E-state index is 5.67. The van der Waals surface area contributed by atoms with Crippen LogP contribution in [0.1, 0.15) is 5.76 Å². The molecule has 0 unspecified atom stereocenters. The van der Waals surface area contributed by atoms with E-state index in [0.717, 1.165) is 17.0 Å². The molecule has 0 fully saturated rings. The second-order valence-electron chi connectivity index (χ2n) is 2.97. The first-order valence-electron chi connectivity index (χ1n) is 4.02. The summed E-state index contributed by atoms with van der Waals surface area (Å²) in [5, 5.41) is 4.25. The number of nitrogens with two attached hydrogens (primary N) is 1. The first kappa shape index (κ1) is 7.91. The minimum atomic E-state index is 0.649. The van der Waals surface area contributed by atoms with Gasteiger partial charge in [-0.1, -0.05) is 0 Å². The molecule has 4 heteroatoms. The predicted octanol–water partition coefficient (Wildman–Crippen LogP) is 1.57. The minimum absolute atomic E-state index is 0.649. The summed E-state index contributed by atoms with van der Waals surface area (Å²) in [5.41, 5.74) is 7.51. The van der Waals surface area contributed by atoms with E-state index >= 15 is 0 Å². The molecule has 2 aromatic heterocycles. The lowest BCUT2D eigenvalue weighted by molar-refractivity contribution is 0.535. The molecule has 0 aliphatic heterocycles. The molecule has 0 aliphatic rings. The van der Waals surface area contributed by atoms with Gasteiger partial charge in [0, 0.05) is 18.7 Å². The van der Waals surface area contributed by atoms with Crippen molar-refractivity contribution >= 4 is 5.82 Å². The summed E-state index contributed by atoms with van der Waals surface area (Å²) in [4.78, 5) is 0. The van der Waals surface area contributed by atoms with Gasteiger partial charge in [-0.05, 0) is 13.0 Å². The number of furan rings is 1. The monoisotopic (exact) mass is 177 g/mol. The predicted molar refractivity (Wildman–Crippen MR) is 50.1 cm³/mol. The molecule has 0 saturated carbocycles. The number of aryl methyl sites for hydroxylation is 2. The molecule has 4 nitrogen and oxygen atoms in total. The zero-order chi connectivity index (χ0) is 9.42. The van der Waals surface area contributed by atoms with Crippen LogP contribution < -0.4 is 5.73 Å². The van der Waals surface area contributed by atoms with Crippen LogP contribution in [0, 0.1) is 6.92 Å². The van der Waals surface area contributed by atoms with E-state index in [1.807, 2.05) is 26.1 Å². The van der Waals surface area contributed by atoms with Crippen LogP contribution in [0.5, 0.6) is 0 Å². The fourth-order valence-corrected chi connectivity index (χ4v) is 1.26. The summed E-state index contributed by atoms with van der Waals surface area (Å²) in [6.07, 6.45) is 1.65. The third-order valence-electron chi connectivity index (χ3n) is 2.05. The van der Waals surface area contributed by atoms with Crippen molar-refractivity contribution in [2.45, 2.75) is 6.92 Å². The van der Waals surface area contributed by atoms with Crippen molar-refractivity contribution in [3.63, 3.8) is 0 Å². The average molecular weight is 177 g/mol. The van der Waals surface area contributed by atoms with Crippen LogP contribution in [0.15, 0.2) is 22.8 Å². The van der Waals surface area contributed by atoms with E-state index in [0.29, 0.717) is 5.82 Å². The summed E-state index contributed by atoms with van der Waals surface area (Å²) in [5.74, 6) is 1.51. The maximum absolute atomic E-state index is 5.67. The Bertz CT molecular complexity index is 408. The molecular formula is C9H11N3O. The third-order valence-corrected chi connectivity index (χ3v) is 2.05. The highest BCUT2D eigenvalue weighted by molar-refractivity contribution is 5.63. The Labute approximate surface area is 76.0 Å². The van der Waals surface area contributed by atoms with E-state index in [4.69, 9.17) is 10.2 Å². The molecule has 2 heterocycles. The van der Waals surface area contributed by atoms with Gasteiger partial charge in [0.2, 0.25) is 0 Å². The number of hydrogen-bond donors (Lipinski definition) is 1. The molecule has 0 radical (unpaired) electrons. The number of hydrogen-bond acceptors (Lipinski definition) is 3. The number of rotatable bonds is 1. The second-order valence-corrected chi connectivity index (χ2v) is 2.97. The van der Waals surface area contributed by atoms with Crippen molar-refractivity contribution in [2.75, 3.05) is 5.73 Å². The molecule has 0 bridgehead atoms. The van der Waals surface area contributed by atoms with Crippen LogP contribution in [0.2, 0.25) is 0 Å². The third kappa shape index (κ3) is 1.20. The Hall–Kier alpha value is -1.71. The van der Waals surface area contributed by atoms with Crippen molar-refractivity contribution in [1.29, 1.82) is 0 Å². The molecule has 0 aliphatic carbocycles. The van der Waals surface area contributed by atoms with Gasteiger partial charge in [0.1, 0.15) is 11.6 Å². The standard InChI is InChI=1S/C9H11N3O/c1-6-7(3-4-13-6)8-5-9(10)12(2)11-8/h3-5H,10H2,1-2H3. The Morgan fingerprint density at radius 1 is 1.54 bits per heavy atom. The molecule has 0 saturated heterocycles. The van der Waals surface area contributed by atoms with E-state index in [9.17, 15) is 0 Å². The van der Waals surface area contributed by atoms with Crippen molar-refractivity contribution in [3.8, 4) is 11.3 Å². The lowest BCUT2D eigenvalue weighted by Crippen LogP contribution is -1.96. The Morgan fingerprint density at radius 2 is 2.31 bits per heavy atom. The van der Waals surface area contributed by atoms with Gasteiger partial charge in [-0.25, -0.2) is 0 Å². The van der Waals surface area contributed by atoms with E-state index in [1.54, 1.807) is 10.9 Å². The highest BCUT2D eigenvalue weighted by Crippen LogP contribution is 2.23. The minimum Gasteiger partial charge on any atom is -0.469 e. The Kier molecular flexibility index (Phi) is 1.62. The van der Waals surface area contributed by atoms with Crippen LogP contribution in [0.25, 0.3) is 11.3 Å². The van der Waals surface area contributed by atoms with Crippen molar-refractivity contribution in [2.24, 2.45) is 7.05 Å². The number of anilines is 1. The lowest BCUT2D eigenvalue weighted by atomic mass is 10.2. The quantitative estimate of drug-likeness (QED) is 0.719. The number of aromatic nitrogens is 2. The van der Waals surface area contributed by atoms with Gasteiger partial charge < -0.3 is 10.2 Å². The van der Waals surface area contributed by atoms with E-state index in [-0.39, 0.29) is 0 Å². The summed E-state index contributed by atoms with van der Waals surface area (Å²) in [6, 6.07) is 3.72. The first-order chi connectivity index (χ1) is 6.18. The van der Waals surface area contributed by atoms with Gasteiger partial charge >= 0.3 is 0 Å². The van der Waals surface area contributed by atoms with E-state index in [2.05, 4.69) is 5.10 Å². The zero-order valence-corrected chi connectivity index (χ0v) is 7.61. The van der Waals surface area contributed by atoms with Gasteiger partial charge in [0.05, 0.1) is 12.0 Å². The lowest BCUT2D eigenvalue weighted by Gasteiger charge is -1.91. The Morgan fingerprint density at radius 3 is 2.77 bits per heavy atom. The van der Waals surface area contributed by atoms with E-state index < -0.39 is 0 Å². The maximum Gasteiger partial charge on any atom is 0.121 e. The molecule has 0 amide bonds. The zero-order valence-electron chi connectivity index (χ0n) is 7.61. The molecule has 0 spiro atoms. The van der Waals surface area contributed by atoms with Crippen molar-refractivity contribution in [3.05, 3.63) is 24.2 Å². The van der Waals surface area contributed by atoms with Crippen LogP contribution in [0.3, 0.4) is 0 Å². The smallest absolute Gasteiger partial charge is 0.121 e. The van der Waals surface area contributed by atoms with Gasteiger partial charge in [-0.2, -0.15) is 5.10 Å². The van der Waals surface area contributed by atoms with Crippen LogP contribution >= 0.6 is 0 Å². The fourth-order valence-electron chi connectivity index (χ4n) is 1.26. The largest absolute Gasteiger partial charge is 0.469 e. The summed E-state index contributed by atoms with van der Waals surface area (Å²) < 4.78 is 6.82. The second kappa shape index (κ2) is 2.65. The van der Waals surface area contributed by atoms with Gasteiger partial charge in [0.25, 0.3) is 0 Å². The highest BCUT2D eigenvalue weighted by Gasteiger charge is 2.08. The average Bonchev–Trinajstić information content (AvgIpc) is 2.60. The first-order valence-corrected chi connectivity index (χ1v) is 4.02. The molecule has 68 valence electrons. The summed E-state index contributed by atoms with van der Waals surface area (Å²) >= 11 is 0. The van der Waals surface area contributed by atoms with Crippen LogP contribution in [0.4, 0.5) is 5.82 Å². The van der Waals surface area contributed by atoms with E-state index in [1.165, 1.54) is 0 Å². The van der Waals surface area contributed by atoms with Crippen LogP contribution in [-0.4, -0.2) is 9.78 Å². The van der Waals surface area contributed by atoms with Crippen molar-refractivity contribution < 1.29 is 4.42 Å². The van der Waals surface area contributed by atoms with Gasteiger partial charge in [-0.15, -0.1) is 0 Å². The van der Waals surface area contributed by atoms with Gasteiger partial charge in [0.15, 0.2) is 0 Å². The molecule has 2 N–H and O–H groups in total. The SMILES string of the molecule is Cc1occc1-c1cc(N)n(C)n1. The van der Waals surface area contributed by atoms with Crippen LogP contribution in [-0.2, 0) is 7.05 Å². The molecule has 0 aromatic carbocycles. The van der Waals surface area contributed by atoms with Crippen molar-refractivity contribution in [1.82, 2.24) is 9.78 Å². The molecule has 2 aromatic rings. The topological polar surface area (TPSA) is 57.0 Å². The molecule has 13 heavy (non-hydrogen) atoms. The highest BCUT2D eigenvalue weighted by atomic mass is 16.3. The number of nitrogen functional groups attached to an aromatic ring is 1.